The van der Waals surface area contributed by atoms with Crippen LogP contribution >= 0.6 is 0 Å². The molecule has 0 N–H and O–H groups in total. The quantitative estimate of drug-likeness (QED) is 0.556. The highest BCUT2D eigenvalue weighted by Gasteiger charge is 1.99. The maximum absolute atomic E-state index is 11.0. The Morgan fingerprint density at radius 2 is 2.31 bits per heavy atom. The van der Waals surface area contributed by atoms with Gasteiger partial charge in [0.2, 0.25) is 5.88 Å². The molecule has 4 heteroatoms. The highest BCUT2D eigenvalue weighted by Crippen LogP contribution is 2.11. The van der Waals surface area contributed by atoms with E-state index in [0.717, 1.165) is 5.56 Å². The van der Waals surface area contributed by atoms with Gasteiger partial charge in [0.1, 0.15) is 0 Å². The Hall–Kier alpha value is -2.02. The molecule has 0 bridgehead atoms. The summed E-state index contributed by atoms with van der Waals surface area (Å²) in [5.74, 6) is 5.09. The summed E-state index contributed by atoms with van der Waals surface area (Å²) in [6.07, 6.45) is 1.57. The van der Waals surface area contributed by atoms with E-state index in [-0.39, 0.29) is 0 Å². The molecule has 0 unspecified atom stereocenters. The summed E-state index contributed by atoms with van der Waals surface area (Å²) in [6, 6.07) is 1.76. The third-order valence-corrected chi connectivity index (χ3v) is 1.87. The summed E-state index contributed by atoms with van der Waals surface area (Å²) >= 11 is 0. The molecular formula is C12H13NO3. The first-order valence-electron chi connectivity index (χ1n) is 4.86. The second kappa shape index (κ2) is 5.76. The van der Waals surface area contributed by atoms with Crippen molar-refractivity contribution in [2.24, 2.45) is 0 Å². The molecule has 1 aromatic heterocycles. The second-order valence-electron chi connectivity index (χ2n) is 3.01. The van der Waals surface area contributed by atoms with Crippen LogP contribution in [0.25, 0.3) is 0 Å². The number of aromatic nitrogens is 1. The first-order chi connectivity index (χ1) is 7.67. The molecule has 0 radical (unpaired) electrons. The molecule has 0 atom stereocenters. The molecule has 0 aliphatic rings. The van der Waals surface area contributed by atoms with Crippen molar-refractivity contribution in [2.75, 3.05) is 13.7 Å². The van der Waals surface area contributed by atoms with Crippen molar-refractivity contribution in [1.29, 1.82) is 0 Å². The van der Waals surface area contributed by atoms with Gasteiger partial charge in [-0.1, -0.05) is 5.92 Å². The number of methoxy groups -OCH3 is 1. The SMILES string of the molecule is CCOC(=O)C#Cc1cnc(OC)cc1C. The average molecular weight is 219 g/mol. The number of hydrogen-bond acceptors (Lipinski definition) is 4. The lowest BCUT2D eigenvalue weighted by molar-refractivity contribution is -0.136. The van der Waals surface area contributed by atoms with Gasteiger partial charge in [0.05, 0.1) is 13.7 Å². The minimum Gasteiger partial charge on any atom is -0.481 e. The average Bonchev–Trinajstić information content (AvgIpc) is 2.27. The molecule has 84 valence electrons. The van der Waals surface area contributed by atoms with Crippen LogP contribution < -0.4 is 4.74 Å². The predicted octanol–water partition coefficient (Wildman–Crippen LogP) is 1.31. The third kappa shape index (κ3) is 3.28. The normalized spacial score (nSPS) is 8.94. The zero-order valence-electron chi connectivity index (χ0n) is 9.53. The number of esters is 1. The van der Waals surface area contributed by atoms with E-state index in [1.165, 1.54) is 0 Å². The lowest BCUT2D eigenvalue weighted by Crippen LogP contribution is -2.00. The van der Waals surface area contributed by atoms with E-state index >= 15 is 0 Å². The third-order valence-electron chi connectivity index (χ3n) is 1.87. The fourth-order valence-electron chi connectivity index (χ4n) is 1.06. The van der Waals surface area contributed by atoms with Crippen LogP contribution in [0.5, 0.6) is 5.88 Å². The van der Waals surface area contributed by atoms with E-state index in [4.69, 9.17) is 9.47 Å². The number of ether oxygens (including phenoxy) is 2. The highest BCUT2D eigenvalue weighted by molar-refractivity contribution is 5.89. The van der Waals surface area contributed by atoms with Crippen LogP contribution in [0.2, 0.25) is 0 Å². The molecule has 0 saturated heterocycles. The van der Waals surface area contributed by atoms with E-state index in [1.54, 1.807) is 26.3 Å². The summed E-state index contributed by atoms with van der Waals surface area (Å²) in [6.45, 7) is 3.94. The molecule has 0 aliphatic heterocycles. The van der Waals surface area contributed by atoms with Crippen molar-refractivity contribution in [3.63, 3.8) is 0 Å². The summed E-state index contributed by atoms with van der Waals surface area (Å²) in [7, 11) is 1.55. The lowest BCUT2D eigenvalue weighted by Gasteiger charge is -2.01. The van der Waals surface area contributed by atoms with Gasteiger partial charge in [0.15, 0.2) is 0 Å². The first-order valence-corrected chi connectivity index (χ1v) is 4.86. The number of carbonyl (C=O) groups excluding carboxylic acids is 1. The zero-order valence-corrected chi connectivity index (χ0v) is 9.53. The molecular weight excluding hydrogens is 206 g/mol. The van der Waals surface area contributed by atoms with Crippen molar-refractivity contribution >= 4 is 5.97 Å². The van der Waals surface area contributed by atoms with Crippen LogP contribution in [0.4, 0.5) is 0 Å². The van der Waals surface area contributed by atoms with Crippen molar-refractivity contribution in [1.82, 2.24) is 4.98 Å². The van der Waals surface area contributed by atoms with Gasteiger partial charge >= 0.3 is 5.97 Å². The smallest absolute Gasteiger partial charge is 0.384 e. The molecule has 0 amide bonds. The van der Waals surface area contributed by atoms with Crippen LogP contribution in [-0.2, 0) is 9.53 Å². The number of pyridine rings is 1. The number of aryl methyl sites for hydroxylation is 1. The molecule has 4 nitrogen and oxygen atoms in total. The first kappa shape index (κ1) is 12.1. The summed E-state index contributed by atoms with van der Waals surface area (Å²) in [5.41, 5.74) is 1.59. The monoisotopic (exact) mass is 219 g/mol. The van der Waals surface area contributed by atoms with Crippen LogP contribution in [0, 0.1) is 18.8 Å². The molecule has 1 aromatic rings. The molecule has 16 heavy (non-hydrogen) atoms. The van der Waals surface area contributed by atoms with Gasteiger partial charge in [-0.15, -0.1) is 0 Å². The maximum Gasteiger partial charge on any atom is 0.384 e. The minimum atomic E-state index is -0.530. The number of nitrogens with zero attached hydrogens (tertiary/aromatic N) is 1. The summed E-state index contributed by atoms with van der Waals surface area (Å²) < 4.78 is 9.65. The van der Waals surface area contributed by atoms with E-state index in [1.807, 2.05) is 6.92 Å². The largest absolute Gasteiger partial charge is 0.481 e. The van der Waals surface area contributed by atoms with Crippen molar-refractivity contribution in [2.45, 2.75) is 13.8 Å². The molecule has 1 heterocycles. The van der Waals surface area contributed by atoms with Gasteiger partial charge in [-0.25, -0.2) is 9.78 Å². The fourth-order valence-corrected chi connectivity index (χ4v) is 1.06. The highest BCUT2D eigenvalue weighted by atomic mass is 16.5. The Kier molecular flexibility index (Phi) is 4.34. The summed E-state index contributed by atoms with van der Waals surface area (Å²) in [5, 5.41) is 0. The predicted molar refractivity (Wildman–Crippen MR) is 59.0 cm³/mol. The Bertz CT molecular complexity index is 443. The number of rotatable bonds is 2. The molecule has 0 spiro atoms. The van der Waals surface area contributed by atoms with Crippen LogP contribution in [-0.4, -0.2) is 24.7 Å². The molecule has 0 saturated carbocycles. The van der Waals surface area contributed by atoms with Gasteiger partial charge < -0.3 is 9.47 Å². The number of hydrogen-bond donors (Lipinski definition) is 0. The van der Waals surface area contributed by atoms with Gasteiger partial charge in [-0.3, -0.25) is 0 Å². The van der Waals surface area contributed by atoms with Gasteiger partial charge in [-0.05, 0) is 19.4 Å². The van der Waals surface area contributed by atoms with Crippen molar-refractivity contribution in [3.05, 3.63) is 23.4 Å². The Morgan fingerprint density at radius 1 is 1.56 bits per heavy atom. The molecule has 0 aromatic carbocycles. The van der Waals surface area contributed by atoms with E-state index in [0.29, 0.717) is 18.1 Å². The van der Waals surface area contributed by atoms with Gasteiger partial charge in [0.25, 0.3) is 0 Å². The van der Waals surface area contributed by atoms with E-state index in [2.05, 4.69) is 16.8 Å². The minimum absolute atomic E-state index is 0.327. The van der Waals surface area contributed by atoms with Crippen molar-refractivity contribution in [3.8, 4) is 17.7 Å². The Morgan fingerprint density at radius 3 is 2.88 bits per heavy atom. The van der Waals surface area contributed by atoms with E-state index < -0.39 is 5.97 Å². The molecule has 1 rings (SSSR count). The fraction of sp³-hybridized carbons (Fsp3) is 0.333. The lowest BCUT2D eigenvalue weighted by atomic mass is 10.1. The summed E-state index contributed by atoms with van der Waals surface area (Å²) in [4.78, 5) is 15.0. The zero-order chi connectivity index (χ0) is 12.0. The standard InChI is InChI=1S/C12H13NO3/c1-4-16-12(14)6-5-10-8-13-11(15-3)7-9(10)2/h7-8H,4H2,1-3H3. The van der Waals surface area contributed by atoms with Crippen LogP contribution in [0.15, 0.2) is 12.3 Å². The van der Waals surface area contributed by atoms with Gasteiger partial charge in [0, 0.05) is 23.7 Å². The maximum atomic E-state index is 11.0. The Balaban J connectivity index is 2.85. The van der Waals surface area contributed by atoms with Gasteiger partial charge in [-0.2, -0.15) is 0 Å². The van der Waals surface area contributed by atoms with Crippen LogP contribution in [0.1, 0.15) is 18.1 Å². The molecule has 0 fully saturated rings. The topological polar surface area (TPSA) is 48.4 Å². The Labute approximate surface area is 94.6 Å². The second-order valence-corrected chi connectivity index (χ2v) is 3.01. The number of carbonyl (C=O) groups is 1. The molecule has 0 aliphatic carbocycles. The van der Waals surface area contributed by atoms with E-state index in [9.17, 15) is 4.79 Å². The van der Waals surface area contributed by atoms with Crippen LogP contribution in [0.3, 0.4) is 0 Å². The van der Waals surface area contributed by atoms with Crippen molar-refractivity contribution < 1.29 is 14.3 Å².